The molecule has 0 bridgehead atoms. The van der Waals surface area contributed by atoms with E-state index >= 15 is 0 Å². The predicted octanol–water partition coefficient (Wildman–Crippen LogP) is 2.61. The summed E-state index contributed by atoms with van der Waals surface area (Å²) in [5.41, 5.74) is 8.68. The largest absolute Gasteiger partial charge is 0.496 e. The quantitative estimate of drug-likeness (QED) is 0.911. The summed E-state index contributed by atoms with van der Waals surface area (Å²) in [6.07, 6.45) is 0. The summed E-state index contributed by atoms with van der Waals surface area (Å²) in [6, 6.07) is 6.51. The van der Waals surface area contributed by atoms with Crippen LogP contribution in [0.3, 0.4) is 0 Å². The number of benzene rings is 1. The molecular formula is C16H25NO2. The van der Waals surface area contributed by atoms with Crippen molar-refractivity contribution in [3.8, 4) is 5.75 Å². The van der Waals surface area contributed by atoms with Gasteiger partial charge in [0.25, 0.3) is 0 Å². The van der Waals surface area contributed by atoms with Crippen LogP contribution in [0.1, 0.15) is 38.8 Å². The molecule has 2 N–H and O–H groups in total. The zero-order chi connectivity index (χ0) is 14.3. The van der Waals surface area contributed by atoms with Crippen molar-refractivity contribution in [1.82, 2.24) is 0 Å². The predicted molar refractivity (Wildman–Crippen MR) is 77.8 cm³/mol. The molecule has 1 unspecified atom stereocenters. The van der Waals surface area contributed by atoms with Crippen molar-refractivity contribution in [2.24, 2.45) is 5.73 Å². The van der Waals surface area contributed by atoms with Gasteiger partial charge in [-0.15, -0.1) is 0 Å². The van der Waals surface area contributed by atoms with E-state index in [0.29, 0.717) is 13.2 Å². The molecule has 3 nitrogen and oxygen atoms in total. The van der Waals surface area contributed by atoms with Crippen LogP contribution in [0.15, 0.2) is 18.2 Å². The molecular weight excluding hydrogens is 238 g/mol. The van der Waals surface area contributed by atoms with Crippen LogP contribution in [0.25, 0.3) is 0 Å². The van der Waals surface area contributed by atoms with Crippen LogP contribution in [-0.2, 0) is 15.6 Å². The average molecular weight is 263 g/mol. The third kappa shape index (κ3) is 2.37. The first-order valence-corrected chi connectivity index (χ1v) is 6.83. The van der Waals surface area contributed by atoms with Crippen molar-refractivity contribution in [3.05, 3.63) is 29.3 Å². The van der Waals surface area contributed by atoms with Crippen molar-refractivity contribution in [1.29, 1.82) is 0 Å². The van der Waals surface area contributed by atoms with Gasteiger partial charge in [-0.2, -0.15) is 0 Å². The molecule has 0 aromatic heterocycles. The lowest BCUT2D eigenvalue weighted by Gasteiger charge is -2.45. The molecule has 0 saturated carbocycles. The fourth-order valence-corrected chi connectivity index (χ4v) is 2.62. The summed E-state index contributed by atoms with van der Waals surface area (Å²) in [7, 11) is 1.72. The molecule has 3 heteroatoms. The Kier molecular flexibility index (Phi) is 3.63. The summed E-state index contributed by atoms with van der Waals surface area (Å²) in [5.74, 6) is 0.941. The van der Waals surface area contributed by atoms with Crippen LogP contribution in [-0.4, -0.2) is 26.4 Å². The first-order chi connectivity index (χ1) is 8.81. The molecule has 1 aromatic carbocycles. The normalized spacial score (nSPS) is 19.7. The number of nitrogens with two attached hydrogens (primary N) is 1. The second-order valence-corrected chi connectivity index (χ2v) is 6.60. The monoisotopic (exact) mass is 263 g/mol. The van der Waals surface area contributed by atoms with E-state index in [4.69, 9.17) is 15.2 Å². The topological polar surface area (TPSA) is 44.5 Å². The molecule has 1 fully saturated rings. The minimum absolute atomic E-state index is 0.0354. The van der Waals surface area contributed by atoms with Crippen molar-refractivity contribution < 1.29 is 9.47 Å². The van der Waals surface area contributed by atoms with Gasteiger partial charge in [0.05, 0.1) is 25.7 Å². The molecule has 19 heavy (non-hydrogen) atoms. The van der Waals surface area contributed by atoms with E-state index in [1.54, 1.807) is 7.11 Å². The van der Waals surface area contributed by atoms with Gasteiger partial charge in [0.2, 0.25) is 0 Å². The van der Waals surface area contributed by atoms with E-state index in [2.05, 4.69) is 45.9 Å². The fraction of sp³-hybridized carbons (Fsp3) is 0.625. The first-order valence-electron chi connectivity index (χ1n) is 6.83. The van der Waals surface area contributed by atoms with Gasteiger partial charge >= 0.3 is 0 Å². The maximum atomic E-state index is 6.18. The highest BCUT2D eigenvalue weighted by Crippen LogP contribution is 2.39. The lowest BCUT2D eigenvalue weighted by molar-refractivity contribution is -0.0702. The molecule has 1 atom stereocenters. The van der Waals surface area contributed by atoms with Crippen LogP contribution in [0.2, 0.25) is 0 Å². The molecule has 0 amide bonds. The van der Waals surface area contributed by atoms with Gasteiger partial charge in [-0.3, -0.25) is 0 Å². The Morgan fingerprint density at radius 3 is 2.32 bits per heavy atom. The van der Waals surface area contributed by atoms with Gasteiger partial charge in [-0.1, -0.05) is 32.9 Å². The summed E-state index contributed by atoms with van der Waals surface area (Å²) in [4.78, 5) is 0. The fourth-order valence-electron chi connectivity index (χ4n) is 2.62. The first kappa shape index (κ1) is 14.4. The van der Waals surface area contributed by atoms with E-state index in [9.17, 15) is 0 Å². The molecule has 1 aliphatic rings. The van der Waals surface area contributed by atoms with E-state index < -0.39 is 0 Å². The minimum Gasteiger partial charge on any atom is -0.496 e. The summed E-state index contributed by atoms with van der Waals surface area (Å²) in [6.45, 7) is 10.1. The molecule has 0 spiro atoms. The summed E-state index contributed by atoms with van der Waals surface area (Å²) < 4.78 is 10.9. The van der Waals surface area contributed by atoms with Crippen LogP contribution in [0.5, 0.6) is 5.75 Å². The number of hydrogen-bond donors (Lipinski definition) is 1. The Hall–Kier alpha value is -1.06. The number of ether oxygens (including phenoxy) is 2. The molecule has 1 heterocycles. The number of rotatable bonds is 3. The average Bonchev–Trinajstić information content (AvgIpc) is 2.25. The SMILES string of the molecule is COc1ccc(C2(C(C)N)COC2)cc1C(C)(C)C. The van der Waals surface area contributed by atoms with Crippen molar-refractivity contribution in [2.45, 2.75) is 44.6 Å². The van der Waals surface area contributed by atoms with Crippen LogP contribution in [0.4, 0.5) is 0 Å². The Labute approximate surface area is 116 Å². The zero-order valence-electron chi connectivity index (χ0n) is 12.6. The third-order valence-electron chi connectivity index (χ3n) is 4.17. The van der Waals surface area contributed by atoms with E-state index in [1.807, 2.05) is 0 Å². The Morgan fingerprint density at radius 1 is 1.32 bits per heavy atom. The Bertz CT molecular complexity index is 456. The maximum Gasteiger partial charge on any atom is 0.122 e. The molecule has 2 rings (SSSR count). The van der Waals surface area contributed by atoms with E-state index in [-0.39, 0.29) is 16.9 Å². The highest BCUT2D eigenvalue weighted by molar-refractivity contribution is 5.45. The highest BCUT2D eigenvalue weighted by Gasteiger charge is 2.44. The minimum atomic E-state index is -0.0354. The summed E-state index contributed by atoms with van der Waals surface area (Å²) >= 11 is 0. The standard InChI is InChI=1S/C16H25NO2/c1-11(17)16(9-19-10-16)12-6-7-14(18-5)13(8-12)15(2,3)4/h6-8,11H,9-10,17H2,1-5H3. The Morgan fingerprint density at radius 2 is 1.95 bits per heavy atom. The molecule has 1 saturated heterocycles. The lowest BCUT2D eigenvalue weighted by atomic mass is 9.71. The van der Waals surface area contributed by atoms with Crippen LogP contribution in [0, 0.1) is 0 Å². The molecule has 1 aliphatic heterocycles. The zero-order valence-corrected chi connectivity index (χ0v) is 12.6. The van der Waals surface area contributed by atoms with Gasteiger partial charge in [-0.25, -0.2) is 0 Å². The third-order valence-corrected chi connectivity index (χ3v) is 4.17. The summed E-state index contributed by atoms with van der Waals surface area (Å²) in [5, 5.41) is 0. The van der Waals surface area contributed by atoms with E-state index in [1.165, 1.54) is 11.1 Å². The van der Waals surface area contributed by atoms with Crippen molar-refractivity contribution in [3.63, 3.8) is 0 Å². The molecule has 1 aromatic rings. The second kappa shape index (κ2) is 4.80. The van der Waals surface area contributed by atoms with Gasteiger partial charge in [0.15, 0.2) is 0 Å². The molecule has 106 valence electrons. The molecule has 0 aliphatic carbocycles. The van der Waals surface area contributed by atoms with Crippen LogP contribution < -0.4 is 10.5 Å². The Balaban J connectivity index is 2.49. The molecule has 0 radical (unpaired) electrons. The van der Waals surface area contributed by atoms with Gasteiger partial charge in [-0.05, 0) is 29.5 Å². The number of methoxy groups -OCH3 is 1. The lowest BCUT2D eigenvalue weighted by Crippen LogP contribution is -2.57. The van der Waals surface area contributed by atoms with E-state index in [0.717, 1.165) is 5.75 Å². The van der Waals surface area contributed by atoms with Crippen molar-refractivity contribution >= 4 is 0 Å². The smallest absolute Gasteiger partial charge is 0.122 e. The van der Waals surface area contributed by atoms with Gasteiger partial charge < -0.3 is 15.2 Å². The highest BCUT2D eigenvalue weighted by atomic mass is 16.5. The van der Waals surface area contributed by atoms with Gasteiger partial charge in [0.1, 0.15) is 5.75 Å². The van der Waals surface area contributed by atoms with Crippen molar-refractivity contribution in [2.75, 3.05) is 20.3 Å². The van der Waals surface area contributed by atoms with Crippen LogP contribution >= 0.6 is 0 Å². The maximum absolute atomic E-state index is 6.18. The second-order valence-electron chi connectivity index (χ2n) is 6.60. The number of hydrogen-bond acceptors (Lipinski definition) is 3. The van der Waals surface area contributed by atoms with Gasteiger partial charge in [0, 0.05) is 6.04 Å².